The number of rotatable bonds is 2. The number of hydrogen-bond donors (Lipinski definition) is 2. The van der Waals surface area contributed by atoms with Crippen molar-refractivity contribution >= 4 is 17.5 Å². The highest BCUT2D eigenvalue weighted by molar-refractivity contribution is 6.31. The van der Waals surface area contributed by atoms with Crippen molar-refractivity contribution in [2.24, 2.45) is 5.73 Å². The molecule has 0 heterocycles. The van der Waals surface area contributed by atoms with Gasteiger partial charge in [0.05, 0.1) is 11.1 Å². The zero-order valence-corrected chi connectivity index (χ0v) is 11.2. The maximum atomic E-state index is 12.8. The van der Waals surface area contributed by atoms with E-state index in [0.717, 1.165) is 12.1 Å². The first kappa shape index (κ1) is 15.2. The van der Waals surface area contributed by atoms with Crippen LogP contribution in [0.1, 0.15) is 15.9 Å². The maximum Gasteiger partial charge on any atom is 0.416 e. The Morgan fingerprint density at radius 3 is 2.43 bits per heavy atom. The van der Waals surface area contributed by atoms with Crippen molar-refractivity contribution in [3.63, 3.8) is 0 Å². The van der Waals surface area contributed by atoms with Crippen LogP contribution in [0.15, 0.2) is 36.4 Å². The zero-order chi connectivity index (χ0) is 15.8. The number of carbonyl (C=O) groups excluding carboxylic acids is 1. The average molecular weight is 316 g/mol. The van der Waals surface area contributed by atoms with Gasteiger partial charge in [0, 0.05) is 10.6 Å². The topological polar surface area (TPSA) is 63.3 Å². The average Bonchev–Trinajstić information content (AvgIpc) is 2.36. The summed E-state index contributed by atoms with van der Waals surface area (Å²) in [5.74, 6) is -1.37. The Kier molecular flexibility index (Phi) is 3.82. The summed E-state index contributed by atoms with van der Waals surface area (Å²) in [6.45, 7) is 0. The molecular weight excluding hydrogens is 307 g/mol. The lowest BCUT2D eigenvalue weighted by atomic mass is 9.99. The third-order valence-electron chi connectivity index (χ3n) is 2.84. The number of nitrogens with two attached hydrogens (primary N) is 1. The van der Waals surface area contributed by atoms with Crippen molar-refractivity contribution in [2.75, 3.05) is 0 Å². The summed E-state index contributed by atoms with van der Waals surface area (Å²) in [4.78, 5) is 11.2. The number of alkyl halides is 3. The monoisotopic (exact) mass is 315 g/mol. The number of para-hydroxylation sites is 1. The second-order valence-corrected chi connectivity index (χ2v) is 4.73. The molecule has 2 aromatic carbocycles. The van der Waals surface area contributed by atoms with Gasteiger partial charge in [-0.15, -0.1) is 0 Å². The van der Waals surface area contributed by atoms with Gasteiger partial charge in [-0.3, -0.25) is 4.79 Å². The lowest BCUT2D eigenvalue weighted by Crippen LogP contribution is -2.11. The van der Waals surface area contributed by atoms with E-state index in [-0.39, 0.29) is 21.7 Å². The molecule has 0 saturated carbocycles. The fraction of sp³-hybridized carbons (Fsp3) is 0.0714. The normalized spacial score (nSPS) is 11.4. The van der Waals surface area contributed by atoms with E-state index < -0.39 is 23.4 Å². The molecule has 3 nitrogen and oxygen atoms in total. The number of phenols is 1. The van der Waals surface area contributed by atoms with Crippen LogP contribution in [0.25, 0.3) is 11.1 Å². The van der Waals surface area contributed by atoms with E-state index in [1.54, 1.807) is 0 Å². The first-order valence-electron chi connectivity index (χ1n) is 5.70. The highest BCUT2D eigenvalue weighted by Gasteiger charge is 2.31. The summed E-state index contributed by atoms with van der Waals surface area (Å²) in [5.41, 5.74) is 4.03. The molecule has 0 aliphatic heterocycles. The van der Waals surface area contributed by atoms with Crippen molar-refractivity contribution in [1.82, 2.24) is 0 Å². The number of amides is 1. The van der Waals surface area contributed by atoms with Crippen LogP contribution in [-0.4, -0.2) is 11.0 Å². The van der Waals surface area contributed by atoms with Gasteiger partial charge < -0.3 is 10.8 Å². The highest BCUT2D eigenvalue weighted by atomic mass is 35.5. The first-order chi connectivity index (χ1) is 9.70. The van der Waals surface area contributed by atoms with Crippen LogP contribution in [0.2, 0.25) is 5.02 Å². The SMILES string of the molecule is NC(=O)c1cccc(-c2cc(Cl)cc(C(F)(F)F)c2)c1O. The second kappa shape index (κ2) is 5.29. The van der Waals surface area contributed by atoms with Gasteiger partial charge in [0.2, 0.25) is 0 Å². The predicted octanol–water partition coefficient (Wildman–Crippen LogP) is 3.83. The Morgan fingerprint density at radius 1 is 1.19 bits per heavy atom. The van der Waals surface area contributed by atoms with Crippen LogP contribution in [0.5, 0.6) is 5.75 Å². The van der Waals surface area contributed by atoms with Crippen molar-refractivity contribution in [2.45, 2.75) is 6.18 Å². The van der Waals surface area contributed by atoms with Gasteiger partial charge in [-0.2, -0.15) is 13.2 Å². The molecule has 2 aromatic rings. The molecule has 0 fully saturated rings. The van der Waals surface area contributed by atoms with E-state index in [4.69, 9.17) is 17.3 Å². The molecule has 21 heavy (non-hydrogen) atoms. The Labute approximate surface area is 122 Å². The van der Waals surface area contributed by atoms with Gasteiger partial charge in [0.15, 0.2) is 0 Å². The van der Waals surface area contributed by atoms with Gasteiger partial charge in [0.25, 0.3) is 5.91 Å². The molecule has 0 spiro atoms. The fourth-order valence-electron chi connectivity index (χ4n) is 1.88. The number of benzene rings is 2. The number of primary amides is 1. The van der Waals surface area contributed by atoms with E-state index in [2.05, 4.69) is 0 Å². The van der Waals surface area contributed by atoms with Crippen LogP contribution in [-0.2, 0) is 6.18 Å². The summed E-state index contributed by atoms with van der Waals surface area (Å²) >= 11 is 5.69. The molecule has 3 N–H and O–H groups in total. The van der Waals surface area contributed by atoms with Gasteiger partial charge in [0.1, 0.15) is 5.75 Å². The van der Waals surface area contributed by atoms with Crippen LogP contribution in [0.4, 0.5) is 13.2 Å². The molecule has 2 rings (SSSR count). The first-order valence-corrected chi connectivity index (χ1v) is 6.08. The second-order valence-electron chi connectivity index (χ2n) is 4.29. The number of carbonyl (C=O) groups is 1. The Morgan fingerprint density at radius 2 is 1.86 bits per heavy atom. The molecule has 0 bridgehead atoms. The van der Waals surface area contributed by atoms with Crippen molar-refractivity contribution in [1.29, 1.82) is 0 Å². The van der Waals surface area contributed by atoms with Gasteiger partial charge in [-0.1, -0.05) is 23.7 Å². The van der Waals surface area contributed by atoms with Crippen LogP contribution >= 0.6 is 11.6 Å². The molecule has 0 aliphatic rings. The van der Waals surface area contributed by atoms with E-state index in [1.807, 2.05) is 0 Å². The summed E-state index contributed by atoms with van der Waals surface area (Å²) in [6.07, 6.45) is -4.57. The summed E-state index contributed by atoms with van der Waals surface area (Å²) in [6, 6.07) is 6.93. The third kappa shape index (κ3) is 3.11. The molecule has 0 aliphatic carbocycles. The van der Waals surface area contributed by atoms with E-state index in [0.29, 0.717) is 0 Å². The van der Waals surface area contributed by atoms with Gasteiger partial charge in [-0.05, 0) is 29.8 Å². The van der Waals surface area contributed by atoms with Crippen LogP contribution in [0.3, 0.4) is 0 Å². The fourth-order valence-corrected chi connectivity index (χ4v) is 2.12. The molecule has 110 valence electrons. The third-order valence-corrected chi connectivity index (χ3v) is 3.06. The Balaban J connectivity index is 2.65. The van der Waals surface area contributed by atoms with Crippen molar-refractivity contribution in [3.8, 4) is 16.9 Å². The Bertz CT molecular complexity index is 714. The Hall–Kier alpha value is -2.21. The molecule has 0 aromatic heterocycles. The smallest absolute Gasteiger partial charge is 0.416 e. The lowest BCUT2D eigenvalue weighted by Gasteiger charge is -2.12. The highest BCUT2D eigenvalue weighted by Crippen LogP contribution is 2.38. The van der Waals surface area contributed by atoms with Crippen LogP contribution in [0, 0.1) is 0 Å². The molecule has 0 unspecified atom stereocenters. The molecule has 1 amide bonds. The lowest BCUT2D eigenvalue weighted by molar-refractivity contribution is -0.137. The summed E-state index contributed by atoms with van der Waals surface area (Å²) in [5, 5.41) is 9.84. The quantitative estimate of drug-likeness (QED) is 0.884. The van der Waals surface area contributed by atoms with Crippen molar-refractivity contribution < 1.29 is 23.1 Å². The molecule has 7 heteroatoms. The van der Waals surface area contributed by atoms with Gasteiger partial charge in [-0.25, -0.2) is 0 Å². The summed E-state index contributed by atoms with van der Waals surface area (Å²) < 4.78 is 38.3. The number of aromatic hydroxyl groups is 1. The zero-order valence-electron chi connectivity index (χ0n) is 10.4. The molecular formula is C14H9ClF3NO2. The molecule has 0 atom stereocenters. The summed E-state index contributed by atoms with van der Waals surface area (Å²) in [7, 11) is 0. The largest absolute Gasteiger partial charge is 0.506 e. The van der Waals surface area contributed by atoms with Gasteiger partial charge >= 0.3 is 6.18 Å². The number of hydrogen-bond acceptors (Lipinski definition) is 2. The molecule has 0 radical (unpaired) electrons. The minimum absolute atomic E-state index is 0.0374. The minimum atomic E-state index is -4.57. The van der Waals surface area contributed by atoms with E-state index >= 15 is 0 Å². The van der Waals surface area contributed by atoms with E-state index in [1.165, 1.54) is 24.3 Å². The predicted molar refractivity (Wildman–Crippen MR) is 72.1 cm³/mol. The van der Waals surface area contributed by atoms with Crippen molar-refractivity contribution in [3.05, 3.63) is 52.5 Å². The minimum Gasteiger partial charge on any atom is -0.506 e. The molecule has 0 saturated heterocycles. The van der Waals surface area contributed by atoms with Crippen LogP contribution < -0.4 is 5.73 Å². The number of halogens is 4. The maximum absolute atomic E-state index is 12.8. The standard InChI is InChI=1S/C14H9ClF3NO2/c15-9-5-7(4-8(6-9)14(16,17)18)10-2-1-3-11(12(10)20)13(19)21/h1-6,20H,(H2,19,21). The van der Waals surface area contributed by atoms with E-state index in [9.17, 15) is 23.1 Å².